The summed E-state index contributed by atoms with van der Waals surface area (Å²) in [7, 11) is 0.870. The van der Waals surface area contributed by atoms with Crippen LogP contribution in [0.15, 0.2) is 26.6 Å². The van der Waals surface area contributed by atoms with Gasteiger partial charge in [-0.05, 0) is 43.7 Å². The molecule has 8 nitrogen and oxygen atoms in total. The summed E-state index contributed by atoms with van der Waals surface area (Å²) in [5, 5.41) is 16.6. The number of halogens is 1. The molecule has 10 heteroatoms. The van der Waals surface area contributed by atoms with Gasteiger partial charge in [-0.3, -0.25) is 14.4 Å². The van der Waals surface area contributed by atoms with Crippen LogP contribution in [0.2, 0.25) is 5.02 Å². The van der Waals surface area contributed by atoms with E-state index in [1.807, 2.05) is 0 Å². The molecule has 1 atom stereocenters. The summed E-state index contributed by atoms with van der Waals surface area (Å²) in [5.41, 5.74) is -0.816. The highest BCUT2D eigenvalue weighted by Gasteiger charge is 2.27. The summed E-state index contributed by atoms with van der Waals surface area (Å²) in [4.78, 5) is 29.0. The Balaban J connectivity index is 1.86. The molecule has 0 aliphatic heterocycles. The quantitative estimate of drug-likeness (QED) is 0.344. The van der Waals surface area contributed by atoms with Gasteiger partial charge in [0.25, 0.3) is 10.9 Å². The zero-order chi connectivity index (χ0) is 21.3. The number of anilines is 3. The zero-order valence-electron chi connectivity index (χ0n) is 16.5. The third-order valence-electron chi connectivity index (χ3n) is 5.28. The molecule has 0 heterocycles. The maximum Gasteiger partial charge on any atom is 0.253 e. The molecule has 0 spiro atoms. The Morgan fingerprint density at radius 1 is 1.17 bits per heavy atom. The number of phenols is 1. The van der Waals surface area contributed by atoms with E-state index in [9.17, 15) is 18.9 Å². The van der Waals surface area contributed by atoms with Crippen LogP contribution in [0.1, 0.15) is 32.6 Å². The molecule has 1 fully saturated rings. The first-order valence-corrected chi connectivity index (χ1v) is 10.8. The van der Waals surface area contributed by atoms with Crippen LogP contribution in [-0.4, -0.2) is 34.0 Å². The lowest BCUT2D eigenvalue weighted by molar-refractivity contribution is -0.0205. The summed E-state index contributed by atoms with van der Waals surface area (Å²) in [6, 6.07) is 3.03. The van der Waals surface area contributed by atoms with Gasteiger partial charge in [0.1, 0.15) is 16.3 Å². The van der Waals surface area contributed by atoms with Crippen LogP contribution >= 0.6 is 11.6 Å². The predicted molar refractivity (Wildman–Crippen MR) is 114 cm³/mol. The minimum absolute atomic E-state index is 0.0597. The van der Waals surface area contributed by atoms with E-state index in [0.717, 1.165) is 30.2 Å². The molecule has 1 aliphatic carbocycles. The molecule has 1 aliphatic rings. The topological polar surface area (TPSA) is 108 Å². The van der Waals surface area contributed by atoms with Crippen molar-refractivity contribution in [2.75, 3.05) is 24.8 Å². The fraction of sp³-hybridized carbons (Fsp3) is 0.474. The molecule has 0 saturated heterocycles. The third kappa shape index (κ3) is 4.32. The predicted octanol–water partition coefficient (Wildman–Crippen LogP) is 2.89. The number of hydroxylamine groups is 1. The van der Waals surface area contributed by atoms with Crippen LogP contribution in [0.3, 0.4) is 0 Å². The minimum Gasteiger partial charge on any atom is -0.504 e. The Bertz CT molecular complexity index is 997. The van der Waals surface area contributed by atoms with Gasteiger partial charge in [0, 0.05) is 13.1 Å². The molecule has 1 saturated carbocycles. The lowest BCUT2D eigenvalue weighted by atomic mass is 9.87. The van der Waals surface area contributed by atoms with Crippen molar-refractivity contribution in [2.24, 2.45) is 5.92 Å². The Morgan fingerprint density at radius 3 is 2.41 bits per heavy atom. The molecule has 0 radical (unpaired) electrons. The highest BCUT2D eigenvalue weighted by atomic mass is 35.5. The minimum atomic E-state index is -1.89. The average molecular weight is 442 g/mol. The summed E-state index contributed by atoms with van der Waals surface area (Å²) < 4.78 is 13.5. The highest BCUT2D eigenvalue weighted by molar-refractivity contribution is 7.82. The molecule has 29 heavy (non-hydrogen) atoms. The van der Waals surface area contributed by atoms with Crippen molar-refractivity contribution in [3.63, 3.8) is 0 Å². The van der Waals surface area contributed by atoms with Gasteiger partial charge in [-0.25, -0.2) is 4.21 Å². The number of hydrogen-bond acceptors (Lipinski definition) is 7. The van der Waals surface area contributed by atoms with Crippen LogP contribution in [0.25, 0.3) is 0 Å². The van der Waals surface area contributed by atoms with E-state index in [2.05, 4.69) is 17.6 Å². The molecular weight excluding hydrogens is 418 g/mol. The van der Waals surface area contributed by atoms with Gasteiger partial charge in [-0.2, -0.15) is 0 Å². The molecule has 0 aromatic heterocycles. The van der Waals surface area contributed by atoms with Crippen molar-refractivity contribution in [1.82, 2.24) is 4.47 Å². The Labute approximate surface area is 176 Å². The number of nitrogens with one attached hydrogen (secondary N) is 2. The van der Waals surface area contributed by atoms with Gasteiger partial charge in [0.15, 0.2) is 16.7 Å². The average Bonchev–Trinajstić information content (AvgIpc) is 2.72. The standard InChI is InChI=1S/C19H24ClN3O5S/c1-10-4-6-11(7-5-10)21-14-15(18(26)17(14)25)22-13-9-8-12(20)19(16(13)24)29(27)23(2)28-3/h8-11,21-22,24H,4-7H2,1-3H3. The molecule has 3 N–H and O–H groups in total. The van der Waals surface area contributed by atoms with Crippen LogP contribution in [0.4, 0.5) is 17.1 Å². The number of rotatable bonds is 7. The molecule has 158 valence electrons. The molecule has 3 rings (SSSR count). The van der Waals surface area contributed by atoms with Crippen molar-refractivity contribution >= 4 is 39.6 Å². The van der Waals surface area contributed by atoms with Crippen LogP contribution in [0, 0.1) is 5.92 Å². The second-order valence-corrected chi connectivity index (χ2v) is 9.11. The maximum atomic E-state index is 12.5. The Kier molecular flexibility index (Phi) is 6.62. The van der Waals surface area contributed by atoms with Gasteiger partial charge in [-0.1, -0.05) is 18.5 Å². The van der Waals surface area contributed by atoms with Gasteiger partial charge in [0.2, 0.25) is 0 Å². The molecule has 2 aromatic rings. The number of benzene rings is 1. The summed E-state index contributed by atoms with van der Waals surface area (Å²) in [6.45, 7) is 2.20. The molecule has 1 unspecified atom stereocenters. The molecule has 0 bridgehead atoms. The summed E-state index contributed by atoms with van der Waals surface area (Å²) in [6.07, 6.45) is 3.99. The van der Waals surface area contributed by atoms with E-state index in [-0.39, 0.29) is 38.8 Å². The number of nitrogens with zero attached hydrogens (tertiary/aromatic N) is 1. The largest absolute Gasteiger partial charge is 0.504 e. The van der Waals surface area contributed by atoms with Crippen molar-refractivity contribution in [1.29, 1.82) is 0 Å². The van der Waals surface area contributed by atoms with Gasteiger partial charge in [-0.15, -0.1) is 4.47 Å². The van der Waals surface area contributed by atoms with E-state index in [1.165, 1.54) is 26.3 Å². The highest BCUT2D eigenvalue weighted by Crippen LogP contribution is 2.38. The summed E-state index contributed by atoms with van der Waals surface area (Å²) in [5.74, 6) is 0.277. The SMILES string of the molecule is CON(C)S(=O)c1c(Cl)ccc(Nc2c(NC3CCC(C)CC3)c(=O)c2=O)c1O. The first-order chi connectivity index (χ1) is 13.7. The van der Waals surface area contributed by atoms with Gasteiger partial charge >= 0.3 is 0 Å². The monoisotopic (exact) mass is 441 g/mol. The van der Waals surface area contributed by atoms with Crippen LogP contribution in [0.5, 0.6) is 5.75 Å². The lowest BCUT2D eigenvalue weighted by Crippen LogP contribution is -2.39. The lowest BCUT2D eigenvalue weighted by Gasteiger charge is -2.28. The second kappa shape index (κ2) is 8.83. The second-order valence-electron chi connectivity index (χ2n) is 7.28. The van der Waals surface area contributed by atoms with Crippen LogP contribution in [-0.2, 0) is 15.8 Å². The molecular formula is C19H24ClN3O5S. The van der Waals surface area contributed by atoms with Crippen molar-refractivity contribution in [2.45, 2.75) is 43.5 Å². The smallest absolute Gasteiger partial charge is 0.253 e. The number of phenolic OH excluding ortho intramolecular Hbond substituents is 1. The normalized spacial score (nSPS) is 20.7. The van der Waals surface area contributed by atoms with E-state index in [1.54, 1.807) is 0 Å². The third-order valence-corrected chi connectivity index (χ3v) is 7.09. The van der Waals surface area contributed by atoms with E-state index in [4.69, 9.17) is 16.4 Å². The molecule has 2 aromatic carbocycles. The van der Waals surface area contributed by atoms with E-state index < -0.39 is 21.8 Å². The Morgan fingerprint density at radius 2 is 1.79 bits per heavy atom. The van der Waals surface area contributed by atoms with Gasteiger partial charge < -0.3 is 15.7 Å². The van der Waals surface area contributed by atoms with Crippen molar-refractivity contribution < 1.29 is 14.2 Å². The molecule has 0 amide bonds. The zero-order valence-corrected chi connectivity index (χ0v) is 18.0. The Hall–Kier alpha value is -1.94. The van der Waals surface area contributed by atoms with Crippen molar-refractivity contribution in [3.05, 3.63) is 37.6 Å². The van der Waals surface area contributed by atoms with Crippen LogP contribution < -0.4 is 21.5 Å². The number of aromatic hydroxyl groups is 1. The van der Waals surface area contributed by atoms with Crippen molar-refractivity contribution in [3.8, 4) is 5.75 Å². The fourth-order valence-electron chi connectivity index (χ4n) is 3.40. The summed E-state index contributed by atoms with van der Waals surface area (Å²) >= 11 is 6.09. The van der Waals surface area contributed by atoms with Gasteiger partial charge in [0.05, 0.1) is 17.8 Å². The fourth-order valence-corrected chi connectivity index (χ4v) is 4.65. The first-order valence-electron chi connectivity index (χ1n) is 9.32. The van der Waals surface area contributed by atoms with E-state index in [0.29, 0.717) is 5.92 Å². The maximum absolute atomic E-state index is 12.5. The number of hydrogen-bond donors (Lipinski definition) is 3. The first kappa shape index (κ1) is 21.8. The van der Waals surface area contributed by atoms with E-state index >= 15 is 0 Å².